The number of hydrogen-bond acceptors (Lipinski definition) is 4. The van der Waals surface area contributed by atoms with E-state index in [1.54, 1.807) is 6.92 Å². The second kappa shape index (κ2) is 4.83. The molecular formula is C12H12F3N3O. The lowest BCUT2D eigenvalue weighted by Crippen LogP contribution is -2.11. The third kappa shape index (κ3) is 3.18. The summed E-state index contributed by atoms with van der Waals surface area (Å²) in [5.74, 6) is 0.924. The van der Waals surface area contributed by atoms with Crippen LogP contribution >= 0.6 is 0 Å². The molecule has 0 amide bonds. The average molecular weight is 271 g/mol. The van der Waals surface area contributed by atoms with E-state index in [2.05, 4.69) is 10.3 Å². The lowest BCUT2D eigenvalue weighted by atomic mass is 10.1. The van der Waals surface area contributed by atoms with Gasteiger partial charge in [0.25, 0.3) is 0 Å². The fourth-order valence-corrected chi connectivity index (χ4v) is 1.60. The molecule has 3 N–H and O–H groups in total. The number of oxazole rings is 1. The predicted octanol–water partition coefficient (Wildman–Crippen LogP) is 3.20. The van der Waals surface area contributed by atoms with Gasteiger partial charge in [-0.2, -0.15) is 13.2 Å². The van der Waals surface area contributed by atoms with Gasteiger partial charge in [0.2, 0.25) is 5.89 Å². The zero-order valence-corrected chi connectivity index (χ0v) is 10.1. The van der Waals surface area contributed by atoms with E-state index >= 15 is 0 Å². The molecule has 0 aliphatic rings. The Bertz CT molecular complexity index is 578. The zero-order chi connectivity index (χ0) is 14.0. The van der Waals surface area contributed by atoms with Gasteiger partial charge in [-0.15, -0.1) is 0 Å². The molecule has 0 bridgehead atoms. The van der Waals surface area contributed by atoms with Crippen molar-refractivity contribution in [3.63, 3.8) is 0 Å². The Morgan fingerprint density at radius 3 is 2.68 bits per heavy atom. The number of benzene rings is 1. The third-order valence-electron chi connectivity index (χ3n) is 2.45. The molecule has 0 aliphatic carbocycles. The van der Waals surface area contributed by atoms with Crippen LogP contribution in [0.2, 0.25) is 0 Å². The van der Waals surface area contributed by atoms with E-state index in [1.165, 1.54) is 18.3 Å². The molecule has 102 valence electrons. The number of alkyl halides is 3. The summed E-state index contributed by atoms with van der Waals surface area (Å²) in [6.07, 6.45) is -2.96. The summed E-state index contributed by atoms with van der Waals surface area (Å²) in [5.41, 5.74) is 4.57. The van der Waals surface area contributed by atoms with E-state index in [0.29, 0.717) is 11.7 Å². The van der Waals surface area contributed by atoms with E-state index in [-0.39, 0.29) is 17.9 Å². The minimum atomic E-state index is -4.47. The van der Waals surface area contributed by atoms with Gasteiger partial charge in [0.05, 0.1) is 18.3 Å². The zero-order valence-electron chi connectivity index (χ0n) is 10.1. The fraction of sp³-hybridized carbons (Fsp3) is 0.250. The molecule has 1 heterocycles. The van der Waals surface area contributed by atoms with E-state index in [1.807, 2.05) is 0 Å². The monoisotopic (exact) mass is 271 g/mol. The number of nitrogen functional groups attached to an aromatic ring is 1. The molecule has 19 heavy (non-hydrogen) atoms. The molecule has 2 aromatic rings. The van der Waals surface area contributed by atoms with Crippen molar-refractivity contribution < 1.29 is 17.6 Å². The quantitative estimate of drug-likeness (QED) is 0.841. The number of nitrogens with zero attached hydrogens (tertiary/aromatic N) is 1. The molecule has 0 saturated carbocycles. The van der Waals surface area contributed by atoms with Gasteiger partial charge in [0, 0.05) is 11.4 Å². The maximum Gasteiger partial charge on any atom is 0.418 e. The standard InChI is InChI=1S/C12H12F3N3O/c1-7-5-18-11(19-7)6-17-10-3-2-8(16)4-9(10)12(13,14)15/h2-5,17H,6,16H2,1H3. The van der Waals surface area contributed by atoms with Crippen LogP contribution < -0.4 is 11.1 Å². The van der Waals surface area contributed by atoms with Crippen LogP contribution in [0.4, 0.5) is 24.5 Å². The smallest absolute Gasteiger partial charge is 0.418 e. The summed E-state index contributed by atoms with van der Waals surface area (Å²) in [4.78, 5) is 3.91. The van der Waals surface area contributed by atoms with Crippen molar-refractivity contribution >= 4 is 11.4 Å². The van der Waals surface area contributed by atoms with Crippen LogP contribution in [0.5, 0.6) is 0 Å². The fourth-order valence-electron chi connectivity index (χ4n) is 1.60. The van der Waals surface area contributed by atoms with Gasteiger partial charge >= 0.3 is 6.18 Å². The lowest BCUT2D eigenvalue weighted by molar-refractivity contribution is -0.136. The van der Waals surface area contributed by atoms with Gasteiger partial charge < -0.3 is 15.5 Å². The first kappa shape index (κ1) is 13.3. The Morgan fingerprint density at radius 1 is 1.37 bits per heavy atom. The van der Waals surface area contributed by atoms with Crippen molar-refractivity contribution in [2.75, 3.05) is 11.1 Å². The van der Waals surface area contributed by atoms with E-state index in [0.717, 1.165) is 6.07 Å². The number of anilines is 2. The highest BCUT2D eigenvalue weighted by atomic mass is 19.4. The van der Waals surface area contributed by atoms with E-state index in [4.69, 9.17) is 10.2 Å². The topological polar surface area (TPSA) is 64.1 Å². The van der Waals surface area contributed by atoms with E-state index < -0.39 is 11.7 Å². The van der Waals surface area contributed by atoms with Crippen LogP contribution in [0.15, 0.2) is 28.8 Å². The molecule has 0 unspecified atom stereocenters. The molecule has 4 nitrogen and oxygen atoms in total. The lowest BCUT2D eigenvalue weighted by Gasteiger charge is -2.14. The summed E-state index contributed by atoms with van der Waals surface area (Å²) in [6, 6.07) is 3.58. The van der Waals surface area contributed by atoms with Crippen molar-refractivity contribution in [2.45, 2.75) is 19.6 Å². The Morgan fingerprint density at radius 2 is 2.11 bits per heavy atom. The van der Waals surface area contributed by atoms with Crippen molar-refractivity contribution in [3.05, 3.63) is 41.6 Å². The molecule has 0 spiro atoms. The van der Waals surface area contributed by atoms with Crippen LogP contribution in [-0.4, -0.2) is 4.98 Å². The number of halogens is 3. The molecule has 0 aliphatic heterocycles. The van der Waals surface area contributed by atoms with Crippen LogP contribution in [0, 0.1) is 6.92 Å². The molecular weight excluding hydrogens is 259 g/mol. The van der Waals surface area contributed by atoms with Gasteiger partial charge in [-0.05, 0) is 25.1 Å². The predicted molar refractivity (Wildman–Crippen MR) is 64.4 cm³/mol. The number of nitrogens with two attached hydrogens (primary N) is 1. The number of nitrogens with one attached hydrogen (secondary N) is 1. The van der Waals surface area contributed by atoms with Crippen molar-refractivity contribution in [1.29, 1.82) is 0 Å². The normalized spacial score (nSPS) is 11.6. The Kier molecular flexibility index (Phi) is 3.37. The number of rotatable bonds is 3. The first-order valence-corrected chi connectivity index (χ1v) is 5.48. The Labute approximate surface area is 107 Å². The maximum atomic E-state index is 12.8. The van der Waals surface area contributed by atoms with Gasteiger partial charge in [-0.25, -0.2) is 4.98 Å². The largest absolute Gasteiger partial charge is 0.444 e. The van der Waals surface area contributed by atoms with E-state index in [9.17, 15) is 13.2 Å². The van der Waals surface area contributed by atoms with Crippen LogP contribution in [0.3, 0.4) is 0 Å². The van der Waals surface area contributed by atoms with Gasteiger partial charge in [-0.1, -0.05) is 0 Å². The molecule has 0 saturated heterocycles. The third-order valence-corrected chi connectivity index (χ3v) is 2.45. The summed E-state index contributed by atoms with van der Waals surface area (Å²) >= 11 is 0. The van der Waals surface area contributed by atoms with Gasteiger partial charge in [0.15, 0.2) is 0 Å². The van der Waals surface area contributed by atoms with Crippen molar-refractivity contribution in [2.24, 2.45) is 0 Å². The molecule has 1 aromatic carbocycles. The molecule has 0 atom stereocenters. The minimum Gasteiger partial charge on any atom is -0.444 e. The number of aryl methyl sites for hydroxylation is 1. The van der Waals surface area contributed by atoms with Crippen molar-refractivity contribution in [3.8, 4) is 0 Å². The second-order valence-corrected chi connectivity index (χ2v) is 4.02. The molecule has 1 aromatic heterocycles. The molecule has 0 radical (unpaired) electrons. The van der Waals surface area contributed by atoms with Gasteiger partial charge in [-0.3, -0.25) is 0 Å². The summed E-state index contributed by atoms with van der Waals surface area (Å²) in [6.45, 7) is 1.78. The maximum absolute atomic E-state index is 12.8. The summed E-state index contributed by atoms with van der Waals surface area (Å²) < 4.78 is 43.6. The van der Waals surface area contributed by atoms with Crippen LogP contribution in [0.25, 0.3) is 0 Å². The van der Waals surface area contributed by atoms with Gasteiger partial charge in [0.1, 0.15) is 5.76 Å². The summed E-state index contributed by atoms with van der Waals surface area (Å²) in [5, 5.41) is 2.64. The highest BCUT2D eigenvalue weighted by Crippen LogP contribution is 2.36. The first-order valence-electron chi connectivity index (χ1n) is 5.48. The SMILES string of the molecule is Cc1cnc(CNc2ccc(N)cc2C(F)(F)F)o1. The number of aromatic nitrogens is 1. The molecule has 0 fully saturated rings. The molecule has 7 heteroatoms. The average Bonchev–Trinajstić information content (AvgIpc) is 2.72. The highest BCUT2D eigenvalue weighted by Gasteiger charge is 2.33. The number of hydrogen-bond donors (Lipinski definition) is 2. The van der Waals surface area contributed by atoms with Crippen LogP contribution in [0.1, 0.15) is 17.2 Å². The highest BCUT2D eigenvalue weighted by molar-refractivity contribution is 5.59. The second-order valence-electron chi connectivity index (χ2n) is 4.02. The Hall–Kier alpha value is -2.18. The summed E-state index contributed by atoms with van der Waals surface area (Å²) in [7, 11) is 0. The van der Waals surface area contributed by atoms with Crippen molar-refractivity contribution in [1.82, 2.24) is 4.98 Å². The Balaban J connectivity index is 2.20. The van der Waals surface area contributed by atoms with Crippen LogP contribution in [-0.2, 0) is 12.7 Å². The molecule has 2 rings (SSSR count). The first-order chi connectivity index (χ1) is 8.86. The minimum absolute atomic E-state index is 0.0578.